The molecule has 0 N–H and O–H groups in total. The third-order valence-electron chi connectivity index (χ3n) is 5.85. The maximum atomic E-state index is 6.09. The van der Waals surface area contributed by atoms with Crippen molar-refractivity contribution < 1.29 is 49.5 Å². The van der Waals surface area contributed by atoms with E-state index in [0.29, 0.717) is 9.54 Å². The summed E-state index contributed by atoms with van der Waals surface area (Å²) in [7, 11) is 0. The third kappa shape index (κ3) is 5.51. The Balaban J connectivity index is 0.00000160. The molecule has 0 radical (unpaired) electrons. The first-order valence-electron chi connectivity index (χ1n) is 9.74. The summed E-state index contributed by atoms with van der Waals surface area (Å²) in [6.45, 7) is 2.28. The van der Waals surface area contributed by atoms with Gasteiger partial charge in [0.2, 0.25) is 0 Å². The van der Waals surface area contributed by atoms with E-state index in [9.17, 15) is 0 Å². The van der Waals surface area contributed by atoms with Crippen LogP contribution in [0.5, 0.6) is 0 Å². The molecule has 2 unspecified atom stereocenters. The first-order chi connectivity index (χ1) is 13.4. The van der Waals surface area contributed by atoms with E-state index in [1.165, 1.54) is 27.8 Å². The molecule has 7 heteroatoms. The van der Waals surface area contributed by atoms with Crippen LogP contribution in [0.25, 0.3) is 11.6 Å². The van der Waals surface area contributed by atoms with Gasteiger partial charge in [-0.15, -0.1) is 0 Å². The molecule has 2 aromatic rings. The van der Waals surface area contributed by atoms with Crippen LogP contribution in [-0.2, 0) is 24.7 Å². The standard InChI is InChI=1S/C23H22Cl3Si.2ClH.Zr/c1-16-14-17-8-2-4-11-20(17)22(16)23-19(10-6-7-13-27(24,25)26)15-18-9-3-5-12-21(18)23;;;/h2-5,8-9,11-12,14-15,22H,6-7,10,13H2,1H3;2*1H;/q;;;+2/p-2. The number of benzene rings is 2. The number of rotatable bonds is 6. The van der Waals surface area contributed by atoms with Crippen molar-refractivity contribution in [2.45, 2.75) is 41.8 Å². The van der Waals surface area contributed by atoms with Gasteiger partial charge in [-0.05, 0) is 0 Å². The topological polar surface area (TPSA) is 0 Å². The van der Waals surface area contributed by atoms with Crippen molar-refractivity contribution >= 4 is 50.9 Å². The predicted molar refractivity (Wildman–Crippen MR) is 121 cm³/mol. The van der Waals surface area contributed by atoms with Gasteiger partial charge in [-0.2, -0.15) is 0 Å². The van der Waals surface area contributed by atoms with Gasteiger partial charge in [0.15, 0.2) is 0 Å². The molecule has 0 aromatic heterocycles. The Morgan fingerprint density at radius 1 is 0.900 bits per heavy atom. The molecular weight excluding hydrogens is 573 g/mol. The Morgan fingerprint density at radius 2 is 1.53 bits per heavy atom. The van der Waals surface area contributed by atoms with Crippen LogP contribution >= 0.6 is 33.2 Å². The summed E-state index contributed by atoms with van der Waals surface area (Å²) in [5, 5.41) is 0. The fourth-order valence-corrected chi connectivity index (χ4v) is 7.84. The smallest absolute Gasteiger partial charge is 1.00 e. The van der Waals surface area contributed by atoms with E-state index < -0.39 is 6.00 Å². The summed E-state index contributed by atoms with van der Waals surface area (Å²) in [5.41, 5.74) is 10.4. The van der Waals surface area contributed by atoms with E-state index in [4.69, 9.17) is 33.2 Å². The Bertz CT molecular complexity index is 964. The minimum atomic E-state index is -2.52. The van der Waals surface area contributed by atoms with E-state index in [-0.39, 0.29) is 24.8 Å². The Labute approximate surface area is 222 Å². The summed E-state index contributed by atoms with van der Waals surface area (Å²) in [5.74, 6) is 0.375. The third-order valence-corrected chi connectivity index (χ3v) is 10.1. The van der Waals surface area contributed by atoms with Gasteiger partial charge in [-0.3, -0.25) is 0 Å². The van der Waals surface area contributed by atoms with Crippen LogP contribution in [0, 0.1) is 0 Å². The molecule has 2 aliphatic carbocycles. The molecule has 2 aromatic carbocycles. The Hall–Kier alpha value is 0.470. The molecule has 0 amide bonds. The van der Waals surface area contributed by atoms with Gasteiger partial charge in [0.05, 0.1) is 0 Å². The van der Waals surface area contributed by atoms with E-state index >= 15 is 0 Å². The number of halogens is 5. The normalized spacial score (nSPS) is 19.6. The average molecular weight is 595 g/mol. The molecule has 0 aliphatic heterocycles. The minimum Gasteiger partial charge on any atom is -1.00 e. The van der Waals surface area contributed by atoms with Gasteiger partial charge >= 0.3 is 199 Å². The predicted octanol–water partition coefficient (Wildman–Crippen LogP) is 2.08. The van der Waals surface area contributed by atoms with Crippen LogP contribution in [0.2, 0.25) is 6.04 Å². The first-order valence-corrected chi connectivity index (χ1v) is 16.4. The van der Waals surface area contributed by atoms with Gasteiger partial charge in [0, 0.05) is 0 Å². The van der Waals surface area contributed by atoms with Crippen molar-refractivity contribution in [2.24, 2.45) is 0 Å². The van der Waals surface area contributed by atoms with E-state index in [1.54, 1.807) is 35.9 Å². The maximum Gasteiger partial charge on any atom is -1.00 e. The summed E-state index contributed by atoms with van der Waals surface area (Å²) < 4.78 is 0.545. The SMILES string of the molecule is CC1=Cc2ccccc2C1C1=C(CCCC[Si](Cl)(Cl)Cl)[CH]([Zr+2])c2ccccc21.[Cl-].[Cl-]. The van der Waals surface area contributed by atoms with Gasteiger partial charge < -0.3 is 24.8 Å². The van der Waals surface area contributed by atoms with E-state index in [0.717, 1.165) is 25.3 Å². The van der Waals surface area contributed by atoms with Crippen molar-refractivity contribution in [1.29, 1.82) is 0 Å². The second kappa shape index (κ2) is 11.1. The van der Waals surface area contributed by atoms with Crippen molar-refractivity contribution in [2.75, 3.05) is 0 Å². The Kier molecular flexibility index (Phi) is 9.85. The largest absolute Gasteiger partial charge is 1.00 e. The van der Waals surface area contributed by atoms with Crippen LogP contribution in [0.4, 0.5) is 0 Å². The molecule has 4 rings (SSSR count). The molecule has 157 valence electrons. The average Bonchev–Trinajstić information content (AvgIpc) is 3.12. The minimum absolute atomic E-state index is 0. The molecule has 0 spiro atoms. The number of unbranched alkanes of at least 4 members (excludes halogenated alkanes) is 1. The molecule has 0 saturated heterocycles. The van der Waals surface area contributed by atoms with Gasteiger partial charge in [0.1, 0.15) is 0 Å². The number of fused-ring (bicyclic) bond motifs is 2. The maximum absolute atomic E-state index is 6.09. The molecule has 2 atom stereocenters. The number of hydrogen-bond donors (Lipinski definition) is 0. The van der Waals surface area contributed by atoms with Crippen molar-refractivity contribution in [3.63, 3.8) is 0 Å². The zero-order valence-corrected chi connectivity index (χ0v) is 23.8. The van der Waals surface area contributed by atoms with Crippen molar-refractivity contribution in [3.05, 3.63) is 81.9 Å². The molecule has 0 bridgehead atoms. The van der Waals surface area contributed by atoms with Crippen LogP contribution in [0.15, 0.2) is 59.7 Å². The fraction of sp³-hybridized carbons (Fsp3) is 0.304. The quantitative estimate of drug-likeness (QED) is 0.273. The summed E-state index contributed by atoms with van der Waals surface area (Å²) in [4.78, 5) is 0. The monoisotopic (exact) mass is 591 g/mol. The van der Waals surface area contributed by atoms with Crippen LogP contribution in [0.3, 0.4) is 0 Å². The molecule has 0 heterocycles. The number of hydrogen-bond acceptors (Lipinski definition) is 0. The molecule has 0 nitrogen and oxygen atoms in total. The molecule has 2 aliphatic rings. The molecular formula is C23H22Cl5SiZr. The van der Waals surface area contributed by atoms with Gasteiger partial charge in [0.25, 0.3) is 0 Å². The second-order valence-electron chi connectivity index (χ2n) is 7.73. The first kappa shape index (κ1) is 26.7. The van der Waals surface area contributed by atoms with Crippen LogP contribution in [-0.4, -0.2) is 6.00 Å². The van der Waals surface area contributed by atoms with Crippen LogP contribution < -0.4 is 24.8 Å². The second-order valence-corrected chi connectivity index (χ2v) is 18.4. The summed E-state index contributed by atoms with van der Waals surface area (Å²) >= 11 is 19.8. The van der Waals surface area contributed by atoms with Crippen molar-refractivity contribution in [1.82, 2.24) is 0 Å². The molecule has 30 heavy (non-hydrogen) atoms. The Morgan fingerprint density at radius 3 is 2.23 bits per heavy atom. The number of allylic oxidation sites excluding steroid dienone is 3. The zero-order chi connectivity index (χ0) is 19.9. The van der Waals surface area contributed by atoms with Gasteiger partial charge in [-0.1, -0.05) is 0 Å². The molecule has 0 fully saturated rings. The van der Waals surface area contributed by atoms with E-state index in [2.05, 4.69) is 61.5 Å². The van der Waals surface area contributed by atoms with E-state index in [1.807, 2.05) is 0 Å². The van der Waals surface area contributed by atoms with Crippen LogP contribution in [0.1, 0.15) is 58.0 Å². The molecule has 0 saturated carbocycles. The zero-order valence-electron chi connectivity index (χ0n) is 16.6. The summed E-state index contributed by atoms with van der Waals surface area (Å²) in [6.07, 6.45) is 5.55. The van der Waals surface area contributed by atoms with Gasteiger partial charge in [-0.25, -0.2) is 0 Å². The summed E-state index contributed by atoms with van der Waals surface area (Å²) in [6, 6.07) is 16.1. The van der Waals surface area contributed by atoms with Crippen molar-refractivity contribution in [3.8, 4) is 0 Å². The fourth-order valence-electron chi connectivity index (χ4n) is 4.63.